The van der Waals surface area contributed by atoms with E-state index < -0.39 is 5.41 Å². The van der Waals surface area contributed by atoms with Crippen LogP contribution in [0.15, 0.2) is 12.1 Å². The number of nitrogens with two attached hydrogens (primary N) is 1. The molecule has 0 saturated heterocycles. The van der Waals surface area contributed by atoms with Gasteiger partial charge in [0.05, 0.1) is 16.1 Å². The zero-order valence-corrected chi connectivity index (χ0v) is 12.0. The summed E-state index contributed by atoms with van der Waals surface area (Å²) >= 11 is 5.98. The topological polar surface area (TPSA) is 67.2 Å². The summed E-state index contributed by atoms with van der Waals surface area (Å²) in [6, 6.07) is 3.60. The van der Waals surface area contributed by atoms with Gasteiger partial charge in [-0.3, -0.25) is 4.79 Å². The lowest BCUT2D eigenvalue weighted by Crippen LogP contribution is -2.39. The summed E-state index contributed by atoms with van der Waals surface area (Å²) < 4.78 is 0. The minimum absolute atomic E-state index is 0.00537. The Labute approximate surface area is 113 Å². The fourth-order valence-electron chi connectivity index (χ4n) is 1.63. The highest BCUT2D eigenvalue weighted by Gasteiger charge is 2.26. The molecule has 0 saturated carbocycles. The van der Waals surface area contributed by atoms with E-state index in [2.05, 4.69) is 10.6 Å². The number of benzene rings is 1. The quantitative estimate of drug-likeness (QED) is 0.736. The summed E-state index contributed by atoms with van der Waals surface area (Å²) in [6.07, 6.45) is 0. The van der Waals surface area contributed by atoms with Gasteiger partial charge < -0.3 is 16.4 Å². The van der Waals surface area contributed by atoms with Crippen molar-refractivity contribution in [1.29, 1.82) is 0 Å². The van der Waals surface area contributed by atoms with Gasteiger partial charge in [-0.05, 0) is 38.5 Å². The number of carbonyl (C=O) groups is 1. The Morgan fingerprint density at radius 2 is 2.06 bits per heavy atom. The van der Waals surface area contributed by atoms with Crippen molar-refractivity contribution in [2.75, 3.05) is 24.6 Å². The second-order valence-electron chi connectivity index (χ2n) is 5.01. The number of hydrogen-bond acceptors (Lipinski definition) is 3. The number of aryl methyl sites for hydroxylation is 1. The van der Waals surface area contributed by atoms with Crippen LogP contribution in [0.3, 0.4) is 0 Å². The van der Waals surface area contributed by atoms with Crippen LogP contribution in [-0.2, 0) is 4.79 Å². The second-order valence-corrected chi connectivity index (χ2v) is 5.41. The molecule has 1 aromatic carbocycles. The summed E-state index contributed by atoms with van der Waals surface area (Å²) in [5.74, 6) is -0.00537. The lowest BCUT2D eigenvalue weighted by molar-refractivity contribution is -0.128. The van der Waals surface area contributed by atoms with E-state index in [1.54, 1.807) is 13.1 Å². The van der Waals surface area contributed by atoms with Crippen molar-refractivity contribution in [2.24, 2.45) is 5.41 Å². The molecule has 100 valence electrons. The van der Waals surface area contributed by atoms with Crippen LogP contribution in [0.2, 0.25) is 5.02 Å². The second kappa shape index (κ2) is 5.48. The average Bonchev–Trinajstić information content (AvgIpc) is 2.31. The Bertz CT molecular complexity index is 458. The molecule has 0 spiro atoms. The van der Waals surface area contributed by atoms with E-state index >= 15 is 0 Å². The van der Waals surface area contributed by atoms with E-state index in [4.69, 9.17) is 17.3 Å². The van der Waals surface area contributed by atoms with Crippen molar-refractivity contribution in [3.63, 3.8) is 0 Å². The van der Waals surface area contributed by atoms with Gasteiger partial charge in [0, 0.05) is 19.3 Å². The number of halogens is 1. The number of nitrogens with one attached hydrogen (secondary N) is 2. The van der Waals surface area contributed by atoms with Crippen LogP contribution >= 0.6 is 11.6 Å². The third kappa shape index (κ3) is 3.29. The number of nitrogen functional groups attached to an aromatic ring is 1. The number of carbonyl (C=O) groups excluding carboxylic acids is 1. The van der Waals surface area contributed by atoms with Gasteiger partial charge in [0.15, 0.2) is 0 Å². The standard InChI is InChI=1S/C13H20ClN3O/c1-8-5-10(15)9(14)6-11(8)17-7-13(2,3)12(18)16-4/h5-6,17H,7,15H2,1-4H3,(H,16,18). The minimum Gasteiger partial charge on any atom is -0.398 e. The molecule has 0 aliphatic heterocycles. The first-order valence-electron chi connectivity index (χ1n) is 5.79. The molecule has 4 N–H and O–H groups in total. The number of hydrogen-bond donors (Lipinski definition) is 3. The van der Waals surface area contributed by atoms with Gasteiger partial charge in [0.1, 0.15) is 0 Å². The predicted molar refractivity (Wildman–Crippen MR) is 76.9 cm³/mol. The molecule has 0 heterocycles. The average molecular weight is 270 g/mol. The van der Waals surface area contributed by atoms with E-state index in [1.807, 2.05) is 26.8 Å². The lowest BCUT2D eigenvalue weighted by atomic mass is 9.92. The highest BCUT2D eigenvalue weighted by atomic mass is 35.5. The maximum Gasteiger partial charge on any atom is 0.227 e. The number of anilines is 2. The Hall–Kier alpha value is -1.42. The van der Waals surface area contributed by atoms with Crippen molar-refractivity contribution < 1.29 is 4.79 Å². The first kappa shape index (κ1) is 14.6. The fourth-order valence-corrected chi connectivity index (χ4v) is 1.79. The molecule has 0 fully saturated rings. The van der Waals surface area contributed by atoms with E-state index in [0.717, 1.165) is 11.3 Å². The molecule has 18 heavy (non-hydrogen) atoms. The van der Waals surface area contributed by atoms with Crippen LogP contribution in [0.1, 0.15) is 19.4 Å². The minimum atomic E-state index is -0.491. The SMILES string of the molecule is CNC(=O)C(C)(C)CNc1cc(Cl)c(N)cc1C. The van der Waals surface area contributed by atoms with Crippen LogP contribution in [-0.4, -0.2) is 19.5 Å². The van der Waals surface area contributed by atoms with Crippen LogP contribution in [0.4, 0.5) is 11.4 Å². The summed E-state index contributed by atoms with van der Waals surface area (Å²) in [4.78, 5) is 11.7. The van der Waals surface area contributed by atoms with Gasteiger partial charge in [-0.1, -0.05) is 11.6 Å². The highest BCUT2D eigenvalue weighted by Crippen LogP contribution is 2.27. The first-order chi connectivity index (χ1) is 8.27. The van der Waals surface area contributed by atoms with Crippen LogP contribution in [0, 0.1) is 12.3 Å². The molecule has 0 aliphatic carbocycles. The Balaban J connectivity index is 2.81. The highest BCUT2D eigenvalue weighted by molar-refractivity contribution is 6.33. The zero-order valence-electron chi connectivity index (χ0n) is 11.2. The largest absolute Gasteiger partial charge is 0.398 e. The van der Waals surface area contributed by atoms with E-state index in [0.29, 0.717) is 17.3 Å². The molecule has 1 rings (SSSR count). The summed E-state index contributed by atoms with van der Waals surface area (Å²) in [6.45, 7) is 6.23. The van der Waals surface area contributed by atoms with Crippen molar-refractivity contribution in [3.8, 4) is 0 Å². The summed E-state index contributed by atoms with van der Waals surface area (Å²) in [7, 11) is 1.63. The molecule has 4 nitrogen and oxygen atoms in total. The molecular weight excluding hydrogens is 250 g/mol. The van der Waals surface area contributed by atoms with Crippen molar-refractivity contribution >= 4 is 28.9 Å². The maximum absolute atomic E-state index is 11.7. The number of amides is 1. The molecule has 0 atom stereocenters. The molecule has 0 aromatic heterocycles. The predicted octanol–water partition coefficient (Wildman–Crippen LogP) is 2.41. The van der Waals surface area contributed by atoms with Gasteiger partial charge in [-0.15, -0.1) is 0 Å². The summed E-state index contributed by atoms with van der Waals surface area (Å²) in [5, 5.41) is 6.40. The van der Waals surface area contributed by atoms with Crippen molar-refractivity contribution in [3.05, 3.63) is 22.7 Å². The van der Waals surface area contributed by atoms with Gasteiger partial charge in [-0.25, -0.2) is 0 Å². The lowest BCUT2D eigenvalue weighted by Gasteiger charge is -2.24. The number of rotatable bonds is 4. The smallest absolute Gasteiger partial charge is 0.227 e. The molecule has 1 amide bonds. The molecule has 0 unspecified atom stereocenters. The Morgan fingerprint density at radius 1 is 1.44 bits per heavy atom. The summed E-state index contributed by atoms with van der Waals surface area (Å²) in [5.41, 5.74) is 7.69. The third-order valence-corrected chi connectivity index (χ3v) is 3.23. The third-order valence-electron chi connectivity index (χ3n) is 2.91. The monoisotopic (exact) mass is 269 g/mol. The molecule has 0 bridgehead atoms. The van der Waals surface area contributed by atoms with Crippen LogP contribution in [0.25, 0.3) is 0 Å². The first-order valence-corrected chi connectivity index (χ1v) is 6.17. The maximum atomic E-state index is 11.7. The fraction of sp³-hybridized carbons (Fsp3) is 0.462. The van der Waals surface area contributed by atoms with Gasteiger partial charge in [0.2, 0.25) is 5.91 Å². The van der Waals surface area contributed by atoms with Crippen LogP contribution < -0.4 is 16.4 Å². The van der Waals surface area contributed by atoms with Gasteiger partial charge in [-0.2, -0.15) is 0 Å². The van der Waals surface area contributed by atoms with Crippen molar-refractivity contribution in [1.82, 2.24) is 5.32 Å². The van der Waals surface area contributed by atoms with Gasteiger partial charge >= 0.3 is 0 Å². The van der Waals surface area contributed by atoms with Gasteiger partial charge in [0.25, 0.3) is 0 Å². The normalized spacial score (nSPS) is 11.2. The Morgan fingerprint density at radius 3 is 2.61 bits per heavy atom. The van der Waals surface area contributed by atoms with E-state index in [9.17, 15) is 4.79 Å². The molecule has 0 radical (unpaired) electrons. The van der Waals surface area contributed by atoms with E-state index in [1.165, 1.54) is 0 Å². The molecule has 0 aliphatic rings. The Kier molecular flexibility index (Phi) is 4.46. The van der Waals surface area contributed by atoms with E-state index in [-0.39, 0.29) is 5.91 Å². The molecule has 5 heteroatoms. The molecule has 1 aromatic rings. The zero-order chi connectivity index (χ0) is 13.9. The van der Waals surface area contributed by atoms with Crippen molar-refractivity contribution in [2.45, 2.75) is 20.8 Å². The van der Waals surface area contributed by atoms with Crippen LogP contribution in [0.5, 0.6) is 0 Å². The molecular formula is C13H20ClN3O.